The molecule has 0 aromatic carbocycles. The van der Waals surface area contributed by atoms with Crippen LogP contribution in [0.4, 0.5) is 0 Å². The van der Waals surface area contributed by atoms with E-state index in [9.17, 15) is 4.79 Å². The molecule has 3 aromatic heterocycles. The summed E-state index contributed by atoms with van der Waals surface area (Å²) in [4.78, 5) is 24.0. The van der Waals surface area contributed by atoms with E-state index in [0.717, 1.165) is 42.1 Å². The molecule has 4 rings (SSSR count). The van der Waals surface area contributed by atoms with Crippen molar-refractivity contribution in [3.05, 3.63) is 53.5 Å². The Bertz CT molecular complexity index is 939. The van der Waals surface area contributed by atoms with E-state index in [2.05, 4.69) is 14.5 Å². The van der Waals surface area contributed by atoms with Crippen LogP contribution in [-0.4, -0.2) is 42.8 Å². The molecule has 0 aliphatic carbocycles. The van der Waals surface area contributed by atoms with E-state index in [4.69, 9.17) is 0 Å². The lowest BCUT2D eigenvalue weighted by molar-refractivity contribution is 0.0698. The number of carbonyl (C=O) groups excluding carboxylic acids is 1. The molecule has 0 unspecified atom stereocenters. The van der Waals surface area contributed by atoms with Gasteiger partial charge in [-0.2, -0.15) is 0 Å². The highest BCUT2D eigenvalue weighted by Gasteiger charge is 2.29. The van der Waals surface area contributed by atoms with Crippen LogP contribution in [0.1, 0.15) is 46.3 Å². The highest BCUT2D eigenvalue weighted by Crippen LogP contribution is 2.27. The average Bonchev–Trinajstić information content (AvgIpc) is 3.16. The second kappa shape index (κ2) is 6.02. The Morgan fingerprint density at radius 2 is 2.00 bits per heavy atom. The van der Waals surface area contributed by atoms with Crippen LogP contribution in [0.3, 0.4) is 0 Å². The third-order valence-corrected chi connectivity index (χ3v) is 4.92. The molecule has 6 nitrogen and oxygen atoms in total. The smallest absolute Gasteiger partial charge is 0.274 e. The fourth-order valence-electron chi connectivity index (χ4n) is 3.75. The van der Waals surface area contributed by atoms with E-state index in [1.54, 1.807) is 0 Å². The summed E-state index contributed by atoms with van der Waals surface area (Å²) in [6.45, 7) is 5.53. The van der Waals surface area contributed by atoms with Gasteiger partial charge in [0.2, 0.25) is 0 Å². The van der Waals surface area contributed by atoms with Crippen LogP contribution >= 0.6 is 0 Å². The summed E-state index contributed by atoms with van der Waals surface area (Å²) in [7, 11) is 2.03. The summed E-state index contributed by atoms with van der Waals surface area (Å²) >= 11 is 0. The van der Waals surface area contributed by atoms with Gasteiger partial charge in [0.1, 0.15) is 17.2 Å². The molecule has 130 valence electrons. The maximum Gasteiger partial charge on any atom is 0.274 e. The van der Waals surface area contributed by atoms with Crippen molar-refractivity contribution < 1.29 is 4.79 Å². The van der Waals surface area contributed by atoms with Crippen molar-refractivity contribution in [2.24, 2.45) is 7.05 Å². The van der Waals surface area contributed by atoms with Gasteiger partial charge in [0, 0.05) is 44.6 Å². The molecule has 0 N–H and O–H groups in total. The number of hydrogen-bond donors (Lipinski definition) is 0. The Morgan fingerprint density at radius 3 is 2.76 bits per heavy atom. The number of carbonyl (C=O) groups is 1. The molecule has 1 fully saturated rings. The van der Waals surface area contributed by atoms with Gasteiger partial charge in [0.25, 0.3) is 5.91 Å². The number of fused-ring (bicyclic) bond motifs is 1. The molecule has 0 radical (unpaired) electrons. The minimum atomic E-state index is 0.0111. The summed E-state index contributed by atoms with van der Waals surface area (Å²) in [6, 6.07) is 3.96. The molecule has 25 heavy (non-hydrogen) atoms. The van der Waals surface area contributed by atoms with Crippen molar-refractivity contribution in [3.63, 3.8) is 0 Å². The average molecular weight is 337 g/mol. The van der Waals surface area contributed by atoms with Gasteiger partial charge < -0.3 is 13.9 Å². The number of rotatable bonds is 2. The first-order valence-electron chi connectivity index (χ1n) is 8.76. The summed E-state index contributed by atoms with van der Waals surface area (Å²) in [5, 5.41) is 0. The van der Waals surface area contributed by atoms with Crippen LogP contribution in [0.2, 0.25) is 0 Å². The van der Waals surface area contributed by atoms with Gasteiger partial charge in [-0.15, -0.1) is 0 Å². The van der Waals surface area contributed by atoms with E-state index in [1.807, 2.05) is 60.9 Å². The van der Waals surface area contributed by atoms with Crippen molar-refractivity contribution in [2.45, 2.75) is 32.6 Å². The van der Waals surface area contributed by atoms with E-state index in [1.165, 1.54) is 0 Å². The van der Waals surface area contributed by atoms with Crippen LogP contribution in [-0.2, 0) is 7.05 Å². The van der Waals surface area contributed by atoms with Crippen LogP contribution in [0, 0.1) is 13.8 Å². The standard InChI is InChI=1S/C19H23N5O/c1-13-6-7-17-21-16(12-24(17)9-13)19(25)23-8-4-5-15(11-23)18-20-14(2)10-22(18)3/h6-7,9-10,12,15H,4-5,8,11H2,1-3H3/t15-/m0/s1. The highest BCUT2D eigenvalue weighted by atomic mass is 16.2. The number of pyridine rings is 1. The minimum Gasteiger partial charge on any atom is -0.337 e. The minimum absolute atomic E-state index is 0.0111. The van der Waals surface area contributed by atoms with Gasteiger partial charge >= 0.3 is 0 Å². The zero-order valence-corrected chi connectivity index (χ0v) is 14.9. The van der Waals surface area contributed by atoms with Crippen LogP contribution in [0.5, 0.6) is 0 Å². The number of nitrogens with zero attached hydrogens (tertiary/aromatic N) is 5. The molecule has 6 heteroatoms. The van der Waals surface area contributed by atoms with Crippen molar-refractivity contribution >= 4 is 11.6 Å². The van der Waals surface area contributed by atoms with E-state index < -0.39 is 0 Å². The van der Waals surface area contributed by atoms with Crippen LogP contribution < -0.4 is 0 Å². The fraction of sp³-hybridized carbons (Fsp3) is 0.421. The fourth-order valence-corrected chi connectivity index (χ4v) is 3.75. The maximum absolute atomic E-state index is 12.9. The van der Waals surface area contributed by atoms with E-state index in [-0.39, 0.29) is 11.8 Å². The predicted octanol–water partition coefficient (Wildman–Crippen LogP) is 2.70. The molecule has 1 saturated heterocycles. The number of imidazole rings is 2. The Labute approximate surface area is 147 Å². The zero-order valence-electron chi connectivity index (χ0n) is 14.9. The lowest BCUT2D eigenvalue weighted by Crippen LogP contribution is -2.39. The summed E-state index contributed by atoms with van der Waals surface area (Å²) < 4.78 is 4.01. The quantitative estimate of drug-likeness (QED) is 0.722. The van der Waals surface area contributed by atoms with Crippen molar-refractivity contribution in [1.29, 1.82) is 0 Å². The van der Waals surface area contributed by atoms with Crippen molar-refractivity contribution in [3.8, 4) is 0 Å². The third-order valence-electron chi connectivity index (χ3n) is 4.92. The molecule has 0 bridgehead atoms. The Morgan fingerprint density at radius 1 is 1.16 bits per heavy atom. The van der Waals surface area contributed by atoms with Gasteiger partial charge in [-0.25, -0.2) is 9.97 Å². The molecule has 0 spiro atoms. The third kappa shape index (κ3) is 2.92. The first kappa shape index (κ1) is 15.9. The van der Waals surface area contributed by atoms with Gasteiger partial charge in [-0.3, -0.25) is 4.79 Å². The van der Waals surface area contributed by atoms with Crippen molar-refractivity contribution in [1.82, 2.24) is 23.8 Å². The largest absolute Gasteiger partial charge is 0.337 e. The molecule has 1 aliphatic heterocycles. The molecule has 1 aliphatic rings. The second-order valence-electron chi connectivity index (χ2n) is 7.04. The topological polar surface area (TPSA) is 55.4 Å². The molecule has 4 heterocycles. The number of piperidine rings is 1. The maximum atomic E-state index is 12.9. The molecule has 1 atom stereocenters. The van der Waals surface area contributed by atoms with Gasteiger partial charge in [0.05, 0.1) is 5.69 Å². The summed E-state index contributed by atoms with van der Waals surface area (Å²) in [5.74, 6) is 1.37. The molecule has 0 saturated carbocycles. The van der Waals surface area contributed by atoms with Gasteiger partial charge in [0.15, 0.2) is 0 Å². The van der Waals surface area contributed by atoms with Gasteiger partial charge in [-0.1, -0.05) is 6.07 Å². The molecular weight excluding hydrogens is 314 g/mol. The zero-order chi connectivity index (χ0) is 17.6. The van der Waals surface area contributed by atoms with Crippen LogP contribution in [0.25, 0.3) is 5.65 Å². The Kier molecular flexibility index (Phi) is 3.82. The number of hydrogen-bond acceptors (Lipinski definition) is 3. The monoisotopic (exact) mass is 337 g/mol. The molecular formula is C19H23N5O. The lowest BCUT2D eigenvalue weighted by atomic mass is 9.97. The van der Waals surface area contributed by atoms with E-state index >= 15 is 0 Å². The summed E-state index contributed by atoms with van der Waals surface area (Å²) in [6.07, 6.45) is 7.93. The first-order valence-corrected chi connectivity index (χ1v) is 8.76. The second-order valence-corrected chi connectivity index (χ2v) is 7.04. The normalized spacial score (nSPS) is 18.0. The summed E-state index contributed by atoms with van der Waals surface area (Å²) in [5.41, 5.74) is 3.49. The number of aromatic nitrogens is 4. The van der Waals surface area contributed by atoms with E-state index in [0.29, 0.717) is 12.2 Å². The first-order chi connectivity index (χ1) is 12.0. The SMILES string of the molecule is Cc1ccc2nc(C(=O)N3CCC[C@H](c4nc(C)cn4C)C3)cn2c1. The number of likely N-dealkylation sites (tertiary alicyclic amines) is 1. The lowest BCUT2D eigenvalue weighted by Gasteiger charge is -2.32. The Balaban J connectivity index is 1.57. The highest BCUT2D eigenvalue weighted by molar-refractivity contribution is 5.93. The Hall–Kier alpha value is -2.63. The number of aryl methyl sites for hydroxylation is 3. The van der Waals surface area contributed by atoms with Crippen LogP contribution in [0.15, 0.2) is 30.7 Å². The molecule has 3 aromatic rings. The predicted molar refractivity (Wildman–Crippen MR) is 95.8 cm³/mol. The van der Waals surface area contributed by atoms with Gasteiger partial charge in [-0.05, 0) is 38.3 Å². The number of amides is 1. The molecule has 1 amide bonds. The van der Waals surface area contributed by atoms with Crippen molar-refractivity contribution in [2.75, 3.05) is 13.1 Å².